The van der Waals surface area contributed by atoms with Gasteiger partial charge in [0.1, 0.15) is 6.61 Å². The maximum atomic E-state index is 12.7. The standard InChI is InChI=1S/C32H46N2O3/c1-3-5-7-8-9-10-11-12-13-14-15-16-17-18-19-20-21-24-31(35)34(26-6-4-2)27-28-37-32(36)30-23-22-25-33-29-30/h5,7,9-10,12-13,15-16,18-19,22-23,25,29H,3-4,6,8,11,14,17,20-21,24,26-28H2,1-2H3/b7-5+,10-9+,13-12+,16-15+,19-18+. The number of pyridine rings is 1. The van der Waals surface area contributed by atoms with Crippen LogP contribution in [0.5, 0.6) is 0 Å². The summed E-state index contributed by atoms with van der Waals surface area (Å²) in [6.45, 7) is 5.56. The number of hydrogen-bond donors (Lipinski definition) is 0. The zero-order valence-corrected chi connectivity index (χ0v) is 22.9. The van der Waals surface area contributed by atoms with Crippen LogP contribution in [0, 0.1) is 0 Å². The molecular weight excluding hydrogens is 460 g/mol. The van der Waals surface area contributed by atoms with Gasteiger partial charge in [0.15, 0.2) is 0 Å². The van der Waals surface area contributed by atoms with Crippen molar-refractivity contribution < 1.29 is 14.3 Å². The Morgan fingerprint density at radius 1 is 0.838 bits per heavy atom. The van der Waals surface area contributed by atoms with E-state index in [0.717, 1.165) is 57.8 Å². The molecule has 1 aromatic rings. The first-order valence-electron chi connectivity index (χ1n) is 13.8. The molecule has 1 heterocycles. The minimum Gasteiger partial charge on any atom is -0.460 e. The lowest BCUT2D eigenvalue weighted by Crippen LogP contribution is -2.35. The van der Waals surface area contributed by atoms with Crippen molar-refractivity contribution in [3.05, 3.63) is 90.9 Å². The monoisotopic (exact) mass is 506 g/mol. The molecule has 0 spiro atoms. The van der Waals surface area contributed by atoms with Gasteiger partial charge in [-0.05, 0) is 63.5 Å². The summed E-state index contributed by atoms with van der Waals surface area (Å²) in [6, 6.07) is 3.37. The Balaban J connectivity index is 2.19. The van der Waals surface area contributed by atoms with Gasteiger partial charge in [-0.15, -0.1) is 0 Å². The van der Waals surface area contributed by atoms with E-state index in [1.165, 1.54) is 6.20 Å². The second kappa shape index (κ2) is 23.2. The normalized spacial score (nSPS) is 12.1. The third kappa shape index (κ3) is 17.8. The number of amides is 1. The number of rotatable bonds is 20. The Kier molecular flexibility index (Phi) is 20.0. The lowest BCUT2D eigenvalue weighted by molar-refractivity contribution is -0.132. The zero-order valence-electron chi connectivity index (χ0n) is 22.9. The van der Waals surface area contributed by atoms with E-state index in [9.17, 15) is 9.59 Å². The maximum Gasteiger partial charge on any atom is 0.339 e. The predicted molar refractivity (Wildman–Crippen MR) is 154 cm³/mol. The van der Waals surface area contributed by atoms with E-state index in [4.69, 9.17) is 4.74 Å². The molecule has 5 nitrogen and oxygen atoms in total. The molecule has 0 saturated carbocycles. The third-order valence-electron chi connectivity index (χ3n) is 5.55. The van der Waals surface area contributed by atoms with E-state index in [0.29, 0.717) is 25.1 Å². The molecule has 202 valence electrons. The molecule has 0 radical (unpaired) electrons. The second-order valence-electron chi connectivity index (χ2n) is 8.71. The number of hydrogen-bond acceptors (Lipinski definition) is 4. The van der Waals surface area contributed by atoms with Crippen LogP contribution in [0.25, 0.3) is 0 Å². The molecule has 37 heavy (non-hydrogen) atoms. The number of ether oxygens (including phenoxy) is 1. The number of nitrogens with zero attached hydrogens (tertiary/aromatic N) is 2. The smallest absolute Gasteiger partial charge is 0.339 e. The lowest BCUT2D eigenvalue weighted by Gasteiger charge is -2.22. The molecule has 0 aliphatic carbocycles. The number of esters is 1. The highest BCUT2D eigenvalue weighted by molar-refractivity contribution is 5.88. The fraction of sp³-hybridized carbons (Fsp3) is 0.469. The van der Waals surface area contributed by atoms with Crippen molar-refractivity contribution in [1.29, 1.82) is 0 Å². The summed E-state index contributed by atoms with van der Waals surface area (Å²) >= 11 is 0. The van der Waals surface area contributed by atoms with Crippen molar-refractivity contribution >= 4 is 11.9 Å². The summed E-state index contributed by atoms with van der Waals surface area (Å²) in [5.74, 6) is -0.285. The SMILES string of the molecule is CC/C=C/C/C=C/C/C=C/C/C=C/C/C=C/CCCC(=O)N(CCCC)CCOC(=O)c1cccnc1. The highest BCUT2D eigenvalue weighted by Crippen LogP contribution is 2.06. The van der Waals surface area contributed by atoms with Crippen LogP contribution in [0.3, 0.4) is 0 Å². The van der Waals surface area contributed by atoms with Crippen molar-refractivity contribution in [1.82, 2.24) is 9.88 Å². The summed E-state index contributed by atoms with van der Waals surface area (Å²) in [5.41, 5.74) is 0.422. The molecule has 0 N–H and O–H groups in total. The highest BCUT2D eigenvalue weighted by atomic mass is 16.5. The van der Waals surface area contributed by atoms with Crippen molar-refractivity contribution in [3.8, 4) is 0 Å². The summed E-state index contributed by atoms with van der Waals surface area (Å²) in [6.07, 6.45) is 34.1. The van der Waals surface area contributed by atoms with Gasteiger partial charge in [0.05, 0.1) is 12.1 Å². The Morgan fingerprint density at radius 2 is 1.46 bits per heavy atom. The molecule has 0 bridgehead atoms. The first-order valence-corrected chi connectivity index (χ1v) is 13.8. The van der Waals surface area contributed by atoms with Gasteiger partial charge >= 0.3 is 5.97 Å². The summed E-state index contributed by atoms with van der Waals surface area (Å²) in [5, 5.41) is 0. The Morgan fingerprint density at radius 3 is 2.03 bits per heavy atom. The van der Waals surface area contributed by atoms with Crippen LogP contribution in [-0.4, -0.2) is 41.5 Å². The number of unbranched alkanes of at least 4 members (excludes halogenated alkanes) is 2. The van der Waals surface area contributed by atoms with Crippen molar-refractivity contribution in [3.63, 3.8) is 0 Å². The van der Waals surface area contributed by atoms with Crippen LogP contribution < -0.4 is 0 Å². The maximum absolute atomic E-state index is 12.7. The fourth-order valence-electron chi connectivity index (χ4n) is 3.42. The van der Waals surface area contributed by atoms with Gasteiger partial charge in [-0.3, -0.25) is 9.78 Å². The molecule has 0 unspecified atom stereocenters. The first-order chi connectivity index (χ1) is 18.2. The Labute approximate surface area is 224 Å². The average Bonchev–Trinajstić information content (AvgIpc) is 2.92. The molecular formula is C32H46N2O3. The molecule has 5 heteroatoms. The number of aromatic nitrogens is 1. The number of carbonyl (C=O) groups is 2. The molecule has 0 saturated heterocycles. The van der Waals surface area contributed by atoms with Gasteiger partial charge in [0, 0.05) is 25.4 Å². The molecule has 0 aliphatic rings. The number of allylic oxidation sites excluding steroid dienone is 10. The van der Waals surface area contributed by atoms with Crippen molar-refractivity contribution in [2.45, 2.75) is 78.1 Å². The van der Waals surface area contributed by atoms with Crippen LogP contribution >= 0.6 is 0 Å². The van der Waals surface area contributed by atoms with Crippen LogP contribution in [0.1, 0.15) is 88.4 Å². The van der Waals surface area contributed by atoms with E-state index in [1.54, 1.807) is 18.3 Å². The molecule has 1 amide bonds. The van der Waals surface area contributed by atoms with Crippen LogP contribution in [0.4, 0.5) is 0 Å². The average molecular weight is 507 g/mol. The van der Waals surface area contributed by atoms with Gasteiger partial charge in [-0.2, -0.15) is 0 Å². The van der Waals surface area contributed by atoms with E-state index in [-0.39, 0.29) is 12.5 Å². The molecule has 0 aliphatic heterocycles. The predicted octanol–water partition coefficient (Wildman–Crippen LogP) is 7.79. The minimum atomic E-state index is -0.408. The van der Waals surface area contributed by atoms with E-state index < -0.39 is 5.97 Å². The largest absolute Gasteiger partial charge is 0.460 e. The van der Waals surface area contributed by atoms with Gasteiger partial charge < -0.3 is 9.64 Å². The van der Waals surface area contributed by atoms with E-state index >= 15 is 0 Å². The quantitative estimate of drug-likeness (QED) is 0.103. The van der Waals surface area contributed by atoms with Crippen LogP contribution in [0.15, 0.2) is 85.3 Å². The topological polar surface area (TPSA) is 59.5 Å². The summed E-state index contributed by atoms with van der Waals surface area (Å²) in [7, 11) is 0. The Hall–Kier alpha value is -3.21. The van der Waals surface area contributed by atoms with Gasteiger partial charge in [-0.25, -0.2) is 4.79 Å². The van der Waals surface area contributed by atoms with E-state index in [2.05, 4.69) is 79.6 Å². The van der Waals surface area contributed by atoms with Crippen molar-refractivity contribution in [2.75, 3.05) is 19.7 Å². The molecule has 0 atom stereocenters. The molecule has 0 aromatic carbocycles. The summed E-state index contributed by atoms with van der Waals surface area (Å²) < 4.78 is 5.33. The second-order valence-corrected chi connectivity index (χ2v) is 8.71. The first kappa shape index (κ1) is 31.8. The minimum absolute atomic E-state index is 0.123. The zero-order chi connectivity index (χ0) is 26.8. The van der Waals surface area contributed by atoms with Crippen LogP contribution in [-0.2, 0) is 9.53 Å². The van der Waals surface area contributed by atoms with E-state index in [1.807, 2.05) is 4.90 Å². The van der Waals surface area contributed by atoms with Crippen molar-refractivity contribution in [2.24, 2.45) is 0 Å². The molecule has 1 rings (SSSR count). The Bertz CT molecular complexity index is 869. The fourth-order valence-corrected chi connectivity index (χ4v) is 3.42. The van der Waals surface area contributed by atoms with Gasteiger partial charge in [-0.1, -0.05) is 81.0 Å². The van der Waals surface area contributed by atoms with Gasteiger partial charge in [0.2, 0.25) is 5.91 Å². The highest BCUT2D eigenvalue weighted by Gasteiger charge is 2.14. The molecule has 0 fully saturated rings. The third-order valence-corrected chi connectivity index (χ3v) is 5.55. The molecule has 1 aromatic heterocycles. The van der Waals surface area contributed by atoms with Crippen LogP contribution in [0.2, 0.25) is 0 Å². The summed E-state index contributed by atoms with van der Waals surface area (Å²) in [4.78, 5) is 30.5. The lowest BCUT2D eigenvalue weighted by atomic mass is 10.2. The number of carbonyl (C=O) groups excluding carboxylic acids is 2. The van der Waals surface area contributed by atoms with Gasteiger partial charge in [0.25, 0.3) is 0 Å².